The molecule has 0 saturated heterocycles. The third kappa shape index (κ3) is 5.12. The highest BCUT2D eigenvalue weighted by atomic mass is 35.5. The van der Waals surface area contributed by atoms with Gasteiger partial charge < -0.3 is 0 Å². The highest BCUT2D eigenvalue weighted by Gasteiger charge is 2.32. The van der Waals surface area contributed by atoms with Gasteiger partial charge in [-0.3, -0.25) is 19.8 Å². The van der Waals surface area contributed by atoms with Crippen LogP contribution in [0.4, 0.5) is 0 Å². The third-order valence-corrected chi connectivity index (χ3v) is 8.27. The first kappa shape index (κ1) is 29.2. The molecular weight excluding hydrogens is 660 g/mol. The quantitative estimate of drug-likeness (QED) is 0.195. The van der Waals surface area contributed by atoms with Crippen molar-refractivity contribution in [3.8, 4) is 11.4 Å². The summed E-state index contributed by atoms with van der Waals surface area (Å²) in [5.41, 5.74) is 1.74. The lowest BCUT2D eigenvalue weighted by atomic mass is 9.85. The molecule has 0 atom stereocenters. The van der Waals surface area contributed by atoms with Crippen LogP contribution in [-0.4, -0.2) is 19.6 Å². The van der Waals surface area contributed by atoms with Gasteiger partial charge in [-0.1, -0.05) is 93.3 Å². The average molecular weight is 678 g/mol. The van der Waals surface area contributed by atoms with Crippen LogP contribution in [0.25, 0.3) is 11.4 Å². The Hall–Kier alpha value is -2.29. The fourth-order valence-corrected chi connectivity index (χ4v) is 6.84. The highest BCUT2D eigenvalue weighted by molar-refractivity contribution is 6.41. The second-order valence-corrected chi connectivity index (χ2v) is 11.9. The maximum atomic E-state index is 14.1. The van der Waals surface area contributed by atoms with Crippen molar-refractivity contribution < 1.29 is 0 Å². The molecule has 2 N–H and O–H groups in total. The fraction of sp³-hybridized carbons (Fsp3) is 0.111. The van der Waals surface area contributed by atoms with Crippen molar-refractivity contribution in [3.63, 3.8) is 0 Å². The predicted molar refractivity (Wildman–Crippen MR) is 165 cm³/mol. The second kappa shape index (κ2) is 11.2. The van der Waals surface area contributed by atoms with Crippen molar-refractivity contribution in [3.05, 3.63) is 132 Å². The first-order chi connectivity index (χ1) is 18.9. The maximum Gasteiger partial charge on any atom is 0.275 e. The Bertz CT molecular complexity index is 1740. The van der Waals surface area contributed by atoms with E-state index in [1.807, 2.05) is 0 Å². The number of aromatic amines is 2. The Balaban J connectivity index is 1.80. The van der Waals surface area contributed by atoms with E-state index in [0.717, 1.165) is 0 Å². The SMILES string of the molecule is Cc1[nH]n(-c2c(Cl)cc(Cl)cc2Cl)c(=O)c1C(c1ccc(Cl)cc1)c1c(C)[nH]n(-c2c(Cl)cc(Cl)cc2Cl)c1=O. The first-order valence-electron chi connectivity index (χ1n) is 11.6. The van der Waals surface area contributed by atoms with E-state index in [0.29, 0.717) is 43.1 Å². The molecule has 0 aliphatic rings. The van der Waals surface area contributed by atoms with Crippen LogP contribution in [0, 0.1) is 13.8 Å². The fourth-order valence-electron chi connectivity index (χ4n) is 4.74. The molecule has 0 bridgehead atoms. The molecule has 206 valence electrons. The van der Waals surface area contributed by atoms with Crippen LogP contribution in [0.15, 0.2) is 58.1 Å². The summed E-state index contributed by atoms with van der Waals surface area (Å²) in [7, 11) is 0. The maximum absolute atomic E-state index is 14.1. The van der Waals surface area contributed by atoms with E-state index in [4.69, 9.17) is 81.2 Å². The number of benzene rings is 3. The zero-order chi connectivity index (χ0) is 29.0. The summed E-state index contributed by atoms with van der Waals surface area (Å²) in [5, 5.41) is 7.91. The van der Waals surface area contributed by atoms with E-state index in [1.165, 1.54) is 33.6 Å². The van der Waals surface area contributed by atoms with Crippen LogP contribution in [-0.2, 0) is 0 Å². The summed E-state index contributed by atoms with van der Waals surface area (Å²) < 4.78 is 2.48. The van der Waals surface area contributed by atoms with Crippen molar-refractivity contribution in [2.45, 2.75) is 19.8 Å². The monoisotopic (exact) mass is 674 g/mol. The lowest BCUT2D eigenvalue weighted by Crippen LogP contribution is -2.25. The van der Waals surface area contributed by atoms with Crippen LogP contribution >= 0.6 is 81.2 Å². The van der Waals surface area contributed by atoms with Gasteiger partial charge in [-0.15, -0.1) is 0 Å². The van der Waals surface area contributed by atoms with Gasteiger partial charge in [0.05, 0.1) is 31.2 Å². The molecule has 0 radical (unpaired) electrons. The lowest BCUT2D eigenvalue weighted by molar-refractivity contribution is 0.831. The lowest BCUT2D eigenvalue weighted by Gasteiger charge is -2.16. The highest BCUT2D eigenvalue weighted by Crippen LogP contribution is 2.37. The van der Waals surface area contributed by atoms with E-state index in [2.05, 4.69) is 10.2 Å². The van der Waals surface area contributed by atoms with E-state index in [1.54, 1.807) is 38.1 Å². The molecule has 2 heterocycles. The van der Waals surface area contributed by atoms with Crippen molar-refractivity contribution in [2.75, 3.05) is 0 Å². The number of aryl methyl sites for hydroxylation is 2. The predicted octanol–water partition coefficient (Wildman–Crippen LogP) is 9.02. The van der Waals surface area contributed by atoms with Crippen molar-refractivity contribution in [1.82, 2.24) is 19.6 Å². The van der Waals surface area contributed by atoms with Gasteiger partial charge in [0.2, 0.25) is 0 Å². The molecule has 5 aromatic rings. The van der Waals surface area contributed by atoms with Gasteiger partial charge in [0.25, 0.3) is 11.1 Å². The topological polar surface area (TPSA) is 75.6 Å². The van der Waals surface area contributed by atoms with Crippen molar-refractivity contribution in [2.24, 2.45) is 0 Å². The van der Waals surface area contributed by atoms with Crippen LogP contribution < -0.4 is 11.1 Å². The number of H-pyrrole nitrogens is 2. The number of hydrogen-bond donors (Lipinski definition) is 2. The van der Waals surface area contributed by atoms with E-state index < -0.39 is 17.0 Å². The van der Waals surface area contributed by atoms with Crippen LogP contribution in [0.2, 0.25) is 35.2 Å². The molecule has 2 aromatic heterocycles. The van der Waals surface area contributed by atoms with Gasteiger partial charge >= 0.3 is 0 Å². The molecule has 0 amide bonds. The molecule has 0 aliphatic heterocycles. The van der Waals surface area contributed by atoms with Crippen molar-refractivity contribution >= 4 is 81.2 Å². The van der Waals surface area contributed by atoms with Crippen LogP contribution in [0.3, 0.4) is 0 Å². The molecule has 3 aromatic carbocycles. The van der Waals surface area contributed by atoms with Crippen LogP contribution in [0.1, 0.15) is 34.0 Å². The molecule has 40 heavy (non-hydrogen) atoms. The van der Waals surface area contributed by atoms with Gasteiger partial charge in [0.1, 0.15) is 11.4 Å². The average Bonchev–Trinajstić information content (AvgIpc) is 3.29. The van der Waals surface area contributed by atoms with E-state index >= 15 is 0 Å². The summed E-state index contributed by atoms with van der Waals surface area (Å²) >= 11 is 44.1. The Morgan fingerprint density at radius 3 is 1.27 bits per heavy atom. The molecule has 6 nitrogen and oxygen atoms in total. The van der Waals surface area contributed by atoms with Gasteiger partial charge in [-0.05, 0) is 55.8 Å². The Labute approximate surface area is 262 Å². The summed E-state index contributed by atoms with van der Waals surface area (Å²) in [6, 6.07) is 12.8. The Morgan fingerprint density at radius 2 is 0.925 bits per heavy atom. The molecular formula is C27H17Cl7N4O2. The molecule has 0 spiro atoms. The van der Waals surface area contributed by atoms with E-state index in [-0.39, 0.29) is 31.5 Å². The summed E-state index contributed by atoms with van der Waals surface area (Å²) in [6.07, 6.45) is 0. The summed E-state index contributed by atoms with van der Waals surface area (Å²) in [5.74, 6) is -0.832. The first-order valence-corrected chi connectivity index (χ1v) is 14.2. The van der Waals surface area contributed by atoms with Crippen LogP contribution in [0.5, 0.6) is 0 Å². The van der Waals surface area contributed by atoms with E-state index in [9.17, 15) is 9.59 Å². The van der Waals surface area contributed by atoms with Gasteiger partial charge in [0.15, 0.2) is 0 Å². The summed E-state index contributed by atoms with van der Waals surface area (Å²) in [6.45, 7) is 3.45. The number of nitrogens with zero attached hydrogens (tertiary/aromatic N) is 2. The number of aromatic nitrogens is 4. The normalized spacial score (nSPS) is 11.6. The minimum absolute atomic E-state index is 0.169. The zero-order valence-corrected chi connectivity index (χ0v) is 25.8. The molecule has 13 heteroatoms. The number of rotatable bonds is 5. The van der Waals surface area contributed by atoms with Gasteiger partial charge in [-0.25, -0.2) is 9.36 Å². The molecule has 0 aliphatic carbocycles. The summed E-state index contributed by atoms with van der Waals surface area (Å²) in [4.78, 5) is 28.1. The number of nitrogens with one attached hydrogen (secondary N) is 2. The standard InChI is InChI=1S/C27H17Cl7N4O2/c1-11-21(26(39)37(35-11)24-17(31)7-15(29)8-18(24)32)23(13-3-5-14(28)6-4-13)22-12(2)36-38(27(22)40)25-19(33)9-16(30)10-20(25)34/h3-10,23,35-36H,1-2H3. The zero-order valence-electron chi connectivity index (χ0n) is 20.6. The molecule has 0 unspecified atom stereocenters. The Morgan fingerprint density at radius 1 is 0.575 bits per heavy atom. The minimum atomic E-state index is -0.832. The largest absolute Gasteiger partial charge is 0.295 e. The molecule has 0 fully saturated rings. The molecule has 5 rings (SSSR count). The second-order valence-electron chi connectivity index (χ2n) is 9.00. The van der Waals surface area contributed by atoms with Gasteiger partial charge in [-0.2, -0.15) is 0 Å². The molecule has 0 saturated carbocycles. The Kier molecular flexibility index (Phi) is 8.16. The van der Waals surface area contributed by atoms with Crippen molar-refractivity contribution in [1.29, 1.82) is 0 Å². The van der Waals surface area contributed by atoms with Gasteiger partial charge in [0, 0.05) is 32.4 Å². The number of halogens is 7. The number of hydrogen-bond acceptors (Lipinski definition) is 2. The third-order valence-electron chi connectivity index (χ3n) is 6.43. The smallest absolute Gasteiger partial charge is 0.275 e. The minimum Gasteiger partial charge on any atom is -0.295 e.